The smallest absolute Gasteiger partial charge is 0.345 e. The summed E-state index contributed by atoms with van der Waals surface area (Å²) in [5.41, 5.74) is 0.0118. The van der Waals surface area contributed by atoms with E-state index in [0.29, 0.717) is 9.26 Å². The molecule has 130 valence electrons. The third-order valence-electron chi connectivity index (χ3n) is 3.75. The van der Waals surface area contributed by atoms with Gasteiger partial charge in [0.2, 0.25) is 0 Å². The lowest BCUT2D eigenvalue weighted by Gasteiger charge is -2.15. The van der Waals surface area contributed by atoms with Gasteiger partial charge < -0.3 is 14.6 Å². The van der Waals surface area contributed by atoms with E-state index >= 15 is 0 Å². The first-order valence-corrected chi connectivity index (χ1v) is 8.22. The number of ether oxygens (including phenoxy) is 1. The van der Waals surface area contributed by atoms with Crippen LogP contribution < -0.4 is 10.9 Å². The molecule has 7 nitrogen and oxygen atoms in total. The van der Waals surface area contributed by atoms with Crippen LogP contribution in [0.2, 0.25) is 0 Å². The number of rotatable bonds is 3. The highest BCUT2D eigenvalue weighted by Crippen LogP contribution is 2.29. The maximum absolute atomic E-state index is 14.2. The summed E-state index contributed by atoms with van der Waals surface area (Å²) in [6.07, 6.45) is 0. The zero-order valence-electron chi connectivity index (χ0n) is 13.5. The number of fused-ring (bicyclic) bond motifs is 1. The van der Waals surface area contributed by atoms with Crippen LogP contribution in [-0.4, -0.2) is 22.8 Å². The summed E-state index contributed by atoms with van der Waals surface area (Å²) in [6, 6.07) is 4.54. The van der Waals surface area contributed by atoms with Crippen LogP contribution in [0.4, 0.5) is 15.9 Å². The number of aryl methyl sites for hydroxylation is 1. The van der Waals surface area contributed by atoms with Gasteiger partial charge in [-0.1, -0.05) is 5.16 Å². The van der Waals surface area contributed by atoms with Crippen LogP contribution in [0.5, 0.6) is 0 Å². The topological polar surface area (TPSA) is 86.4 Å². The Labute approximate surface area is 154 Å². The van der Waals surface area contributed by atoms with Crippen LogP contribution in [-0.2, 0) is 11.8 Å². The van der Waals surface area contributed by atoms with E-state index in [9.17, 15) is 14.0 Å². The molecule has 0 spiro atoms. The monoisotopic (exact) mass is 457 g/mol. The molecule has 2 heterocycles. The van der Waals surface area contributed by atoms with Crippen molar-refractivity contribution in [3.63, 3.8) is 0 Å². The van der Waals surface area contributed by atoms with Gasteiger partial charge in [0.1, 0.15) is 22.6 Å². The molecule has 0 saturated heterocycles. The van der Waals surface area contributed by atoms with E-state index in [4.69, 9.17) is 9.26 Å². The van der Waals surface area contributed by atoms with E-state index in [1.54, 1.807) is 13.0 Å². The second-order valence-electron chi connectivity index (χ2n) is 5.30. The number of benzene rings is 1. The van der Waals surface area contributed by atoms with Crippen molar-refractivity contribution < 1.29 is 18.4 Å². The first-order chi connectivity index (χ1) is 11.8. The van der Waals surface area contributed by atoms with Gasteiger partial charge in [-0.25, -0.2) is 9.18 Å². The molecule has 9 heteroatoms. The zero-order valence-corrected chi connectivity index (χ0v) is 15.7. The fourth-order valence-corrected chi connectivity index (χ4v) is 2.95. The predicted octanol–water partition coefficient (Wildman–Crippen LogP) is 3.11. The van der Waals surface area contributed by atoms with Crippen molar-refractivity contribution in [2.24, 2.45) is 7.05 Å². The lowest BCUT2D eigenvalue weighted by molar-refractivity contribution is 0.0601. The quantitative estimate of drug-likeness (QED) is 0.481. The van der Waals surface area contributed by atoms with Crippen LogP contribution in [0.25, 0.3) is 11.0 Å². The summed E-state index contributed by atoms with van der Waals surface area (Å²) < 4.78 is 26.1. The molecule has 3 rings (SSSR count). The minimum atomic E-state index is -0.731. The zero-order chi connectivity index (χ0) is 18.3. The molecule has 0 atom stereocenters. The van der Waals surface area contributed by atoms with Crippen molar-refractivity contribution in [2.75, 3.05) is 12.4 Å². The molecule has 0 radical (unpaired) electrons. The largest absolute Gasteiger partial charge is 0.465 e. The number of aromatic nitrogens is 2. The molecular weight excluding hydrogens is 444 g/mol. The number of carbonyl (C=O) groups excluding carboxylic acids is 1. The highest BCUT2D eigenvalue weighted by Gasteiger charge is 2.26. The Morgan fingerprint density at radius 2 is 2.16 bits per heavy atom. The SMILES string of the molecule is COC(=O)c1c(Nc2ccc(I)cc2F)n(C)c(=O)c2c(C)noc12. The van der Waals surface area contributed by atoms with Crippen LogP contribution in [0.1, 0.15) is 16.1 Å². The van der Waals surface area contributed by atoms with Gasteiger partial charge >= 0.3 is 5.97 Å². The summed E-state index contributed by atoms with van der Waals surface area (Å²) >= 11 is 1.98. The van der Waals surface area contributed by atoms with E-state index in [1.807, 2.05) is 22.6 Å². The Kier molecular flexibility index (Phi) is 4.50. The summed E-state index contributed by atoms with van der Waals surface area (Å²) in [5.74, 6) is -1.20. The number of esters is 1. The van der Waals surface area contributed by atoms with E-state index in [2.05, 4.69) is 10.5 Å². The fraction of sp³-hybridized carbons (Fsp3) is 0.188. The molecule has 0 fully saturated rings. The molecule has 0 amide bonds. The number of hydrogen-bond acceptors (Lipinski definition) is 6. The number of halogens is 2. The van der Waals surface area contributed by atoms with Crippen molar-refractivity contribution in [2.45, 2.75) is 6.92 Å². The Balaban J connectivity index is 2.31. The van der Waals surface area contributed by atoms with Crippen molar-refractivity contribution in [3.05, 3.63) is 49.2 Å². The molecule has 0 bridgehead atoms. The van der Waals surface area contributed by atoms with E-state index < -0.39 is 17.3 Å². The van der Waals surface area contributed by atoms with Gasteiger partial charge in [-0.15, -0.1) is 0 Å². The molecule has 0 aliphatic rings. The summed E-state index contributed by atoms with van der Waals surface area (Å²) in [6.45, 7) is 1.60. The maximum Gasteiger partial charge on any atom is 0.345 e. The first kappa shape index (κ1) is 17.4. The van der Waals surface area contributed by atoms with Crippen molar-refractivity contribution >= 4 is 51.0 Å². The van der Waals surface area contributed by atoms with E-state index in [-0.39, 0.29) is 28.0 Å². The minimum absolute atomic E-state index is 0.000805. The number of carbonyl (C=O) groups is 1. The van der Waals surface area contributed by atoms with Crippen molar-refractivity contribution in [1.29, 1.82) is 0 Å². The van der Waals surface area contributed by atoms with Crippen LogP contribution in [0.15, 0.2) is 27.5 Å². The van der Waals surface area contributed by atoms with Crippen molar-refractivity contribution in [1.82, 2.24) is 9.72 Å². The Morgan fingerprint density at radius 3 is 2.80 bits per heavy atom. The van der Waals surface area contributed by atoms with Gasteiger partial charge in [0, 0.05) is 10.6 Å². The predicted molar refractivity (Wildman–Crippen MR) is 97.7 cm³/mol. The average Bonchev–Trinajstić information content (AvgIpc) is 2.95. The van der Waals surface area contributed by atoms with Gasteiger partial charge in [-0.05, 0) is 47.7 Å². The maximum atomic E-state index is 14.2. The van der Waals surface area contributed by atoms with Gasteiger partial charge in [0.15, 0.2) is 5.58 Å². The molecular formula is C16H13FIN3O4. The number of anilines is 2. The number of nitrogens with zero attached hydrogens (tertiary/aromatic N) is 2. The number of pyridine rings is 1. The van der Waals surface area contributed by atoms with Crippen molar-refractivity contribution in [3.8, 4) is 0 Å². The van der Waals surface area contributed by atoms with E-state index in [1.165, 1.54) is 30.9 Å². The molecule has 3 aromatic rings. The highest BCUT2D eigenvalue weighted by atomic mass is 127. The standard InChI is InChI=1S/C16H13FIN3O4/c1-7-11-13(25-20-7)12(16(23)24-3)14(21(2)15(11)22)19-10-5-4-8(18)6-9(10)17/h4-6,19H,1-3H3. The molecule has 0 saturated carbocycles. The molecule has 1 aromatic carbocycles. The van der Waals surface area contributed by atoms with Gasteiger partial charge in [0.25, 0.3) is 5.56 Å². The summed E-state index contributed by atoms with van der Waals surface area (Å²) in [7, 11) is 2.67. The molecule has 0 aliphatic carbocycles. The second-order valence-corrected chi connectivity index (χ2v) is 6.55. The van der Waals surface area contributed by atoms with Gasteiger partial charge in [-0.2, -0.15) is 0 Å². The minimum Gasteiger partial charge on any atom is -0.465 e. The lowest BCUT2D eigenvalue weighted by Crippen LogP contribution is -2.23. The molecule has 0 aliphatic heterocycles. The second kappa shape index (κ2) is 6.47. The summed E-state index contributed by atoms with van der Waals surface area (Å²) in [5, 5.41) is 6.72. The Morgan fingerprint density at radius 1 is 1.44 bits per heavy atom. The van der Waals surface area contributed by atoms with Gasteiger partial charge in [-0.3, -0.25) is 9.36 Å². The molecule has 25 heavy (non-hydrogen) atoms. The normalized spacial score (nSPS) is 10.9. The number of hydrogen-bond donors (Lipinski definition) is 1. The third kappa shape index (κ3) is 2.88. The first-order valence-electron chi connectivity index (χ1n) is 7.14. The summed E-state index contributed by atoms with van der Waals surface area (Å²) in [4.78, 5) is 24.9. The van der Waals surface area contributed by atoms with E-state index in [0.717, 1.165) is 0 Å². The fourth-order valence-electron chi connectivity index (χ4n) is 2.49. The van der Waals surface area contributed by atoms with Gasteiger partial charge in [0.05, 0.1) is 18.5 Å². The average molecular weight is 457 g/mol. The number of methoxy groups -OCH3 is 1. The Bertz CT molecular complexity index is 1060. The van der Waals surface area contributed by atoms with Crippen LogP contribution in [0, 0.1) is 16.3 Å². The molecule has 0 unspecified atom stereocenters. The molecule has 2 aromatic heterocycles. The number of nitrogens with one attached hydrogen (secondary N) is 1. The lowest BCUT2D eigenvalue weighted by atomic mass is 10.1. The van der Waals surface area contributed by atoms with Crippen LogP contribution >= 0.6 is 22.6 Å². The molecule has 1 N–H and O–H groups in total. The third-order valence-corrected chi connectivity index (χ3v) is 4.43. The van der Waals surface area contributed by atoms with Crippen LogP contribution in [0.3, 0.4) is 0 Å². The highest BCUT2D eigenvalue weighted by molar-refractivity contribution is 14.1. The Hall–Kier alpha value is -2.43.